The Morgan fingerprint density at radius 1 is 1.00 bits per heavy atom. The van der Waals surface area contributed by atoms with Crippen LogP contribution in [0.1, 0.15) is 17.2 Å². The predicted molar refractivity (Wildman–Crippen MR) is 99.8 cm³/mol. The summed E-state index contributed by atoms with van der Waals surface area (Å²) < 4.78 is 1.79. The van der Waals surface area contributed by atoms with E-state index in [1.165, 1.54) is 0 Å². The molecule has 1 atom stereocenters. The average molecular weight is 348 g/mol. The third kappa shape index (κ3) is 2.09. The number of hydrogen-bond donors (Lipinski definition) is 2. The lowest BCUT2D eigenvalue weighted by atomic mass is 9.99. The van der Waals surface area contributed by atoms with Gasteiger partial charge in [-0.25, -0.2) is 9.50 Å². The van der Waals surface area contributed by atoms with Crippen molar-refractivity contribution < 1.29 is 0 Å². The highest BCUT2D eigenvalue weighted by Crippen LogP contribution is 2.42. The second-order valence-corrected chi connectivity index (χ2v) is 6.43. The highest BCUT2D eigenvalue weighted by atomic mass is 35.5. The Morgan fingerprint density at radius 2 is 1.80 bits per heavy atom. The van der Waals surface area contributed by atoms with Crippen LogP contribution in [-0.4, -0.2) is 14.6 Å². The van der Waals surface area contributed by atoms with Gasteiger partial charge >= 0.3 is 0 Å². The first-order valence-electron chi connectivity index (χ1n) is 7.97. The molecule has 3 N–H and O–H groups in total. The normalized spacial score (nSPS) is 15.5. The summed E-state index contributed by atoms with van der Waals surface area (Å²) in [4.78, 5) is 4.53. The van der Waals surface area contributed by atoms with E-state index in [-0.39, 0.29) is 12.0 Å². The van der Waals surface area contributed by atoms with Crippen LogP contribution >= 0.6 is 11.6 Å². The first-order chi connectivity index (χ1) is 12.2. The molecule has 0 saturated carbocycles. The average Bonchev–Trinajstić information content (AvgIpc) is 2.97. The van der Waals surface area contributed by atoms with Gasteiger partial charge in [-0.1, -0.05) is 48.0 Å². The van der Waals surface area contributed by atoms with Crippen LogP contribution in [0.2, 0.25) is 5.02 Å². The molecule has 1 aliphatic heterocycles. The molecule has 0 spiro atoms. The van der Waals surface area contributed by atoms with E-state index in [1.807, 2.05) is 60.8 Å². The number of nitrogens with two attached hydrogens (primary N) is 1. The van der Waals surface area contributed by atoms with E-state index < -0.39 is 0 Å². The quantitative estimate of drug-likeness (QED) is 0.543. The van der Waals surface area contributed by atoms with Crippen LogP contribution in [0.4, 0.5) is 11.6 Å². The highest BCUT2D eigenvalue weighted by molar-refractivity contribution is 6.31. The molecule has 0 amide bonds. The van der Waals surface area contributed by atoms with Gasteiger partial charge in [0.1, 0.15) is 5.69 Å². The summed E-state index contributed by atoms with van der Waals surface area (Å²) in [5, 5.41) is 8.67. The van der Waals surface area contributed by atoms with E-state index in [1.54, 1.807) is 4.52 Å². The molecule has 3 heterocycles. The minimum atomic E-state index is -0.103. The second kappa shape index (κ2) is 5.22. The number of hydrogen-bond acceptors (Lipinski definition) is 4. The van der Waals surface area contributed by atoms with Crippen LogP contribution in [-0.2, 0) is 0 Å². The van der Waals surface area contributed by atoms with E-state index in [0.29, 0.717) is 0 Å². The van der Waals surface area contributed by atoms with Gasteiger partial charge in [0.05, 0.1) is 11.6 Å². The summed E-state index contributed by atoms with van der Waals surface area (Å²) in [6, 6.07) is 17.9. The van der Waals surface area contributed by atoms with Gasteiger partial charge in [0.2, 0.25) is 5.95 Å². The number of nitrogens with zero attached hydrogens (tertiary/aromatic N) is 3. The summed E-state index contributed by atoms with van der Waals surface area (Å²) in [5.74, 6) is 0.246. The summed E-state index contributed by atoms with van der Waals surface area (Å²) in [6.45, 7) is 0. The third-order valence-electron chi connectivity index (χ3n) is 4.57. The smallest absolute Gasteiger partial charge is 0.238 e. The topological polar surface area (TPSA) is 68.2 Å². The fourth-order valence-electron chi connectivity index (χ4n) is 3.49. The van der Waals surface area contributed by atoms with Crippen LogP contribution in [0.5, 0.6) is 0 Å². The van der Waals surface area contributed by atoms with Crippen LogP contribution < -0.4 is 11.1 Å². The van der Waals surface area contributed by atoms with Crippen molar-refractivity contribution in [3.8, 4) is 11.3 Å². The predicted octanol–water partition coefficient (Wildman–Crippen LogP) is 4.15. The number of halogens is 1. The Morgan fingerprint density at radius 3 is 2.68 bits per heavy atom. The zero-order chi connectivity index (χ0) is 17.0. The number of anilines is 2. The fraction of sp³-hybridized carbons (Fsp3) is 0.0526. The van der Waals surface area contributed by atoms with Gasteiger partial charge in [-0.2, -0.15) is 0 Å². The Labute approximate surface area is 149 Å². The van der Waals surface area contributed by atoms with Gasteiger partial charge in [0.15, 0.2) is 0 Å². The highest BCUT2D eigenvalue weighted by Gasteiger charge is 2.27. The van der Waals surface area contributed by atoms with Gasteiger partial charge in [-0.05, 0) is 23.8 Å². The van der Waals surface area contributed by atoms with Gasteiger partial charge in [-0.3, -0.25) is 0 Å². The van der Waals surface area contributed by atoms with Gasteiger partial charge in [-0.15, -0.1) is 5.10 Å². The third-order valence-corrected chi connectivity index (χ3v) is 4.91. The molecule has 0 radical (unpaired) electrons. The Balaban J connectivity index is 1.88. The second-order valence-electron chi connectivity index (χ2n) is 6.03. The number of fused-ring (bicyclic) bond motifs is 2. The molecule has 0 bridgehead atoms. The molecule has 4 aromatic rings. The molecular weight excluding hydrogens is 334 g/mol. The van der Waals surface area contributed by atoms with E-state index in [4.69, 9.17) is 17.3 Å². The summed E-state index contributed by atoms with van der Waals surface area (Å²) >= 11 is 6.49. The van der Waals surface area contributed by atoms with Crippen LogP contribution in [0.3, 0.4) is 0 Å². The summed E-state index contributed by atoms with van der Waals surface area (Å²) in [7, 11) is 0. The van der Waals surface area contributed by atoms with Crippen molar-refractivity contribution in [2.75, 3.05) is 11.1 Å². The maximum Gasteiger partial charge on any atom is 0.238 e. The molecule has 0 fully saturated rings. The first-order valence-corrected chi connectivity index (χ1v) is 8.35. The van der Waals surface area contributed by atoms with E-state index in [2.05, 4.69) is 15.4 Å². The summed E-state index contributed by atoms with van der Waals surface area (Å²) in [5.41, 5.74) is 11.8. The van der Waals surface area contributed by atoms with E-state index >= 15 is 0 Å². The first kappa shape index (κ1) is 14.3. The Hall–Kier alpha value is -3.05. The number of nitrogen functional groups attached to an aromatic ring is 1. The molecule has 6 heteroatoms. The lowest BCUT2D eigenvalue weighted by molar-refractivity contribution is 0.911. The van der Waals surface area contributed by atoms with Crippen LogP contribution in [0, 0.1) is 0 Å². The van der Waals surface area contributed by atoms with Crippen molar-refractivity contribution in [2.24, 2.45) is 0 Å². The summed E-state index contributed by atoms with van der Waals surface area (Å²) in [6.07, 6.45) is 1.91. The van der Waals surface area contributed by atoms with Crippen molar-refractivity contribution in [2.45, 2.75) is 6.04 Å². The van der Waals surface area contributed by atoms with E-state index in [9.17, 15) is 0 Å². The minimum absolute atomic E-state index is 0.103. The Kier molecular flexibility index (Phi) is 2.99. The number of para-hydroxylation sites is 1. The van der Waals surface area contributed by atoms with Crippen LogP contribution in [0.25, 0.3) is 16.8 Å². The molecule has 25 heavy (non-hydrogen) atoms. The fourth-order valence-corrected chi connectivity index (χ4v) is 3.73. The molecule has 5 nitrogen and oxygen atoms in total. The molecule has 0 aliphatic carbocycles. The molecule has 1 aliphatic rings. The molecule has 2 aromatic carbocycles. The number of aromatic nitrogens is 3. The van der Waals surface area contributed by atoms with Crippen molar-refractivity contribution in [1.29, 1.82) is 0 Å². The molecule has 5 rings (SSSR count). The lowest BCUT2D eigenvalue weighted by Crippen LogP contribution is -2.12. The van der Waals surface area contributed by atoms with E-state index in [0.717, 1.165) is 38.6 Å². The maximum atomic E-state index is 6.49. The number of rotatable bonds is 1. The standard InChI is InChI=1S/C19H14ClN5/c20-14-7-3-1-5-11(14)16-13-9-10-25-18(13)17(23-19(21)24-25)12-6-2-4-8-15(12)22-16/h1-10,16,22H,(H2,21,24). The monoisotopic (exact) mass is 347 g/mol. The van der Waals surface area contributed by atoms with Gasteiger partial charge in [0, 0.05) is 28.0 Å². The zero-order valence-corrected chi connectivity index (χ0v) is 13.9. The van der Waals surface area contributed by atoms with Crippen molar-refractivity contribution in [3.63, 3.8) is 0 Å². The van der Waals surface area contributed by atoms with Crippen molar-refractivity contribution >= 4 is 28.8 Å². The SMILES string of the molecule is Nc1nc2c3c(ccn3n1)C(c1ccccc1Cl)Nc1ccccc1-2. The number of benzene rings is 2. The van der Waals surface area contributed by atoms with Crippen LogP contribution in [0.15, 0.2) is 60.8 Å². The largest absolute Gasteiger partial charge is 0.373 e. The lowest BCUT2D eigenvalue weighted by Gasteiger charge is -2.20. The Bertz CT molecular complexity index is 1120. The number of nitrogens with one attached hydrogen (secondary N) is 1. The minimum Gasteiger partial charge on any atom is -0.373 e. The van der Waals surface area contributed by atoms with Crippen molar-refractivity contribution in [3.05, 3.63) is 76.9 Å². The molecule has 0 saturated heterocycles. The molecule has 1 unspecified atom stereocenters. The van der Waals surface area contributed by atoms with Crippen molar-refractivity contribution in [1.82, 2.24) is 14.6 Å². The van der Waals surface area contributed by atoms with Gasteiger partial charge < -0.3 is 11.1 Å². The molecule has 2 aromatic heterocycles. The molecular formula is C19H14ClN5. The maximum absolute atomic E-state index is 6.49. The molecule has 122 valence electrons. The zero-order valence-electron chi connectivity index (χ0n) is 13.1. The van der Waals surface area contributed by atoms with Gasteiger partial charge in [0.25, 0.3) is 0 Å².